The van der Waals surface area contributed by atoms with Crippen LogP contribution in [0.4, 0.5) is 13.2 Å². The molecule has 1 aromatic carbocycles. The van der Waals surface area contributed by atoms with Crippen molar-refractivity contribution in [3.63, 3.8) is 0 Å². The first-order valence-corrected chi connectivity index (χ1v) is 8.37. The Hall–Kier alpha value is -1.56. The van der Waals surface area contributed by atoms with Gasteiger partial charge in [0, 0.05) is 13.1 Å². The zero-order valence-electron chi connectivity index (χ0n) is 13.8. The molecule has 24 heavy (non-hydrogen) atoms. The van der Waals surface area contributed by atoms with E-state index < -0.39 is 17.2 Å². The Bertz CT molecular complexity index is 639. The number of amides is 1. The molecule has 1 heterocycles. The Kier molecular flexibility index (Phi) is 4.14. The number of halogens is 3. The third-order valence-corrected chi connectivity index (χ3v) is 5.70. The number of carbonyl (C=O) groups is 1. The van der Waals surface area contributed by atoms with Gasteiger partial charge in [-0.1, -0.05) is 31.5 Å². The lowest BCUT2D eigenvalue weighted by Crippen LogP contribution is -2.51. The Morgan fingerprint density at radius 1 is 1.29 bits per heavy atom. The van der Waals surface area contributed by atoms with Crippen molar-refractivity contribution in [1.82, 2.24) is 4.90 Å². The number of rotatable bonds is 3. The summed E-state index contributed by atoms with van der Waals surface area (Å²) >= 11 is 0. The van der Waals surface area contributed by atoms with E-state index in [0.29, 0.717) is 38.0 Å². The van der Waals surface area contributed by atoms with E-state index in [9.17, 15) is 18.0 Å². The molecule has 1 saturated carbocycles. The minimum atomic E-state index is -4.39. The smallest absolute Gasteiger partial charge is 0.341 e. The molecule has 6 heteroatoms. The van der Waals surface area contributed by atoms with Crippen molar-refractivity contribution in [3.05, 3.63) is 35.4 Å². The van der Waals surface area contributed by atoms with Crippen LogP contribution in [0.3, 0.4) is 0 Å². The molecule has 1 amide bonds. The van der Waals surface area contributed by atoms with Crippen LogP contribution in [0.15, 0.2) is 24.3 Å². The lowest BCUT2D eigenvalue weighted by molar-refractivity contribution is -0.141. The van der Waals surface area contributed by atoms with Gasteiger partial charge in [0.05, 0.1) is 11.0 Å². The predicted octanol–water partition coefficient (Wildman–Crippen LogP) is 3.32. The lowest BCUT2D eigenvalue weighted by atomic mass is 9.63. The third kappa shape index (κ3) is 2.81. The summed E-state index contributed by atoms with van der Waals surface area (Å²) < 4.78 is 39.1. The fourth-order valence-corrected chi connectivity index (χ4v) is 3.82. The Morgan fingerprint density at radius 3 is 2.50 bits per heavy atom. The van der Waals surface area contributed by atoms with Crippen LogP contribution in [0.2, 0.25) is 0 Å². The number of hydrogen-bond donors (Lipinski definition) is 1. The van der Waals surface area contributed by atoms with Crippen molar-refractivity contribution in [1.29, 1.82) is 0 Å². The lowest BCUT2D eigenvalue weighted by Gasteiger charge is -2.43. The molecule has 2 N–H and O–H groups in total. The fourth-order valence-electron chi connectivity index (χ4n) is 3.82. The Labute approximate surface area is 140 Å². The molecule has 2 aliphatic rings. The molecule has 1 atom stereocenters. The maximum atomic E-state index is 13.1. The topological polar surface area (TPSA) is 46.3 Å². The summed E-state index contributed by atoms with van der Waals surface area (Å²) in [6.07, 6.45) is -1.46. The first-order chi connectivity index (χ1) is 11.2. The predicted molar refractivity (Wildman–Crippen MR) is 85.3 cm³/mol. The first-order valence-electron chi connectivity index (χ1n) is 8.37. The van der Waals surface area contributed by atoms with Crippen LogP contribution >= 0.6 is 0 Å². The van der Waals surface area contributed by atoms with Gasteiger partial charge in [0.25, 0.3) is 0 Å². The van der Waals surface area contributed by atoms with Crippen molar-refractivity contribution >= 4 is 5.91 Å². The molecule has 0 radical (unpaired) electrons. The summed E-state index contributed by atoms with van der Waals surface area (Å²) in [4.78, 5) is 14.9. The molecule has 2 fully saturated rings. The highest BCUT2D eigenvalue weighted by molar-refractivity contribution is 5.89. The second-order valence-electron chi connectivity index (χ2n) is 7.51. The zero-order chi connectivity index (χ0) is 17.6. The number of alkyl halides is 3. The summed E-state index contributed by atoms with van der Waals surface area (Å²) in [5.41, 5.74) is 4.73. The minimum Gasteiger partial charge on any atom is -0.341 e. The van der Waals surface area contributed by atoms with Crippen molar-refractivity contribution in [2.45, 2.75) is 44.2 Å². The van der Waals surface area contributed by atoms with E-state index in [-0.39, 0.29) is 11.3 Å². The molecular weight excluding hydrogens is 317 g/mol. The van der Waals surface area contributed by atoms with Gasteiger partial charge in [-0.3, -0.25) is 4.79 Å². The van der Waals surface area contributed by atoms with Crippen LogP contribution in [0.5, 0.6) is 0 Å². The van der Waals surface area contributed by atoms with Gasteiger partial charge < -0.3 is 10.6 Å². The van der Waals surface area contributed by atoms with E-state index >= 15 is 0 Å². The number of likely N-dealkylation sites (tertiary alicyclic amines) is 1. The molecule has 1 aliphatic carbocycles. The standard InChI is InChI=1S/C18H23F3N2O/c1-16(11-22)8-9-23(12-16)15(24)17(6-3-7-17)13-4-2-5-14(10-13)18(19,20)21/h2,4-5,10H,3,6-9,11-12,22H2,1H3. The number of benzene rings is 1. The van der Waals surface area contributed by atoms with Crippen LogP contribution in [-0.2, 0) is 16.4 Å². The van der Waals surface area contributed by atoms with Crippen LogP contribution in [0.25, 0.3) is 0 Å². The third-order valence-electron chi connectivity index (χ3n) is 5.70. The molecule has 132 valence electrons. The SMILES string of the molecule is CC1(CN)CCN(C(=O)C2(c3cccc(C(F)(F)F)c3)CCC2)C1. The van der Waals surface area contributed by atoms with E-state index in [1.165, 1.54) is 6.07 Å². The first kappa shape index (κ1) is 17.3. The second kappa shape index (κ2) is 5.76. The van der Waals surface area contributed by atoms with Gasteiger partial charge in [-0.2, -0.15) is 13.2 Å². The Morgan fingerprint density at radius 2 is 2.00 bits per heavy atom. The number of nitrogens with two attached hydrogens (primary N) is 1. The molecule has 0 spiro atoms. The van der Waals surface area contributed by atoms with Crippen LogP contribution < -0.4 is 5.73 Å². The molecule has 1 aliphatic heterocycles. The normalized spacial score (nSPS) is 26.3. The highest BCUT2D eigenvalue weighted by atomic mass is 19.4. The van der Waals surface area contributed by atoms with E-state index in [1.807, 2.05) is 0 Å². The van der Waals surface area contributed by atoms with Gasteiger partial charge in [0.15, 0.2) is 0 Å². The average molecular weight is 340 g/mol. The number of hydrogen-bond acceptors (Lipinski definition) is 2. The van der Waals surface area contributed by atoms with Gasteiger partial charge in [0.2, 0.25) is 5.91 Å². The maximum absolute atomic E-state index is 13.1. The molecular formula is C18H23F3N2O. The fraction of sp³-hybridized carbons (Fsp3) is 0.611. The molecule has 3 nitrogen and oxygen atoms in total. The molecule has 1 saturated heterocycles. The summed E-state index contributed by atoms with van der Waals surface area (Å²) in [6, 6.07) is 5.26. The van der Waals surface area contributed by atoms with Crippen LogP contribution in [0.1, 0.15) is 43.7 Å². The molecule has 0 aromatic heterocycles. The van der Waals surface area contributed by atoms with Gasteiger partial charge in [0.1, 0.15) is 0 Å². The summed E-state index contributed by atoms with van der Waals surface area (Å²) in [7, 11) is 0. The molecule has 0 bridgehead atoms. The van der Waals surface area contributed by atoms with Crippen LogP contribution in [-0.4, -0.2) is 30.4 Å². The van der Waals surface area contributed by atoms with Crippen molar-refractivity contribution in [2.75, 3.05) is 19.6 Å². The van der Waals surface area contributed by atoms with Gasteiger partial charge in [-0.25, -0.2) is 0 Å². The monoisotopic (exact) mass is 340 g/mol. The molecule has 1 unspecified atom stereocenters. The van der Waals surface area contributed by atoms with E-state index in [2.05, 4.69) is 6.92 Å². The molecule has 3 rings (SSSR count). The quantitative estimate of drug-likeness (QED) is 0.917. The highest BCUT2D eigenvalue weighted by Gasteiger charge is 2.50. The largest absolute Gasteiger partial charge is 0.416 e. The van der Waals surface area contributed by atoms with E-state index in [1.54, 1.807) is 11.0 Å². The zero-order valence-corrected chi connectivity index (χ0v) is 13.8. The second-order valence-corrected chi connectivity index (χ2v) is 7.51. The van der Waals surface area contributed by atoms with E-state index in [0.717, 1.165) is 25.0 Å². The van der Waals surface area contributed by atoms with E-state index in [4.69, 9.17) is 5.73 Å². The van der Waals surface area contributed by atoms with Crippen molar-refractivity contribution in [2.24, 2.45) is 11.1 Å². The summed E-state index contributed by atoms with van der Waals surface area (Å²) in [5.74, 6) is -0.0368. The minimum absolute atomic E-state index is 0.0368. The van der Waals surface area contributed by atoms with Crippen molar-refractivity contribution < 1.29 is 18.0 Å². The summed E-state index contributed by atoms with van der Waals surface area (Å²) in [5, 5.41) is 0. The van der Waals surface area contributed by atoms with Gasteiger partial charge in [-0.15, -0.1) is 0 Å². The number of nitrogens with zero attached hydrogens (tertiary/aromatic N) is 1. The number of carbonyl (C=O) groups excluding carboxylic acids is 1. The average Bonchev–Trinajstić information content (AvgIpc) is 2.89. The maximum Gasteiger partial charge on any atom is 0.416 e. The van der Waals surface area contributed by atoms with Crippen molar-refractivity contribution in [3.8, 4) is 0 Å². The van der Waals surface area contributed by atoms with Gasteiger partial charge >= 0.3 is 6.18 Å². The van der Waals surface area contributed by atoms with Crippen LogP contribution in [0, 0.1) is 5.41 Å². The Balaban J connectivity index is 1.89. The molecule has 1 aromatic rings. The van der Waals surface area contributed by atoms with Gasteiger partial charge in [-0.05, 0) is 42.9 Å². The highest BCUT2D eigenvalue weighted by Crippen LogP contribution is 2.47. The summed E-state index contributed by atoms with van der Waals surface area (Å²) in [6.45, 7) is 3.78.